The summed E-state index contributed by atoms with van der Waals surface area (Å²) in [4.78, 5) is 0.0682. The molecule has 0 atom stereocenters. The molecular formula is C8H16N4O2S. The number of sulfonamides is 1. The quantitative estimate of drug-likeness (QED) is 0.767. The second-order valence-electron chi connectivity index (χ2n) is 3.70. The molecule has 1 rings (SSSR count). The second kappa shape index (κ2) is 3.82. The fourth-order valence-electron chi connectivity index (χ4n) is 1.36. The van der Waals surface area contributed by atoms with Gasteiger partial charge in [-0.25, -0.2) is 13.1 Å². The highest BCUT2D eigenvalue weighted by molar-refractivity contribution is 7.89. The van der Waals surface area contributed by atoms with Gasteiger partial charge in [0, 0.05) is 13.1 Å². The van der Waals surface area contributed by atoms with Gasteiger partial charge in [0.2, 0.25) is 10.0 Å². The van der Waals surface area contributed by atoms with Crippen molar-refractivity contribution in [1.29, 1.82) is 0 Å². The molecule has 0 aliphatic rings. The average Bonchev–Trinajstić information content (AvgIpc) is 2.23. The molecule has 0 unspecified atom stereocenters. The molecule has 0 amide bonds. The lowest BCUT2D eigenvalue weighted by Gasteiger charge is -2.09. The number of rotatable bonds is 3. The molecule has 0 fully saturated rings. The maximum atomic E-state index is 11.9. The van der Waals surface area contributed by atoms with E-state index in [-0.39, 0.29) is 16.8 Å². The van der Waals surface area contributed by atoms with Gasteiger partial charge in [-0.05, 0) is 20.8 Å². The van der Waals surface area contributed by atoms with Crippen LogP contribution in [-0.4, -0.2) is 24.2 Å². The second-order valence-corrected chi connectivity index (χ2v) is 5.35. The normalized spacial score (nSPS) is 12.3. The number of nitrogens with one attached hydrogen (secondary N) is 1. The molecule has 3 N–H and O–H groups in total. The average molecular weight is 232 g/mol. The predicted molar refractivity (Wildman–Crippen MR) is 57.8 cm³/mol. The van der Waals surface area contributed by atoms with Crippen molar-refractivity contribution in [3.05, 3.63) is 5.69 Å². The van der Waals surface area contributed by atoms with Gasteiger partial charge in [0.15, 0.2) is 0 Å². The van der Waals surface area contributed by atoms with Gasteiger partial charge >= 0.3 is 0 Å². The van der Waals surface area contributed by atoms with E-state index in [1.165, 1.54) is 4.68 Å². The molecule has 0 saturated carbocycles. The molecule has 0 aromatic carbocycles. The Morgan fingerprint density at radius 2 is 2.00 bits per heavy atom. The molecule has 0 aliphatic carbocycles. The lowest BCUT2D eigenvalue weighted by Crippen LogP contribution is -2.31. The fourth-order valence-corrected chi connectivity index (χ4v) is 2.93. The Hall–Kier alpha value is -1.08. The molecule has 0 bridgehead atoms. The Balaban J connectivity index is 3.27. The largest absolute Gasteiger partial charge is 0.383 e. The molecule has 6 nitrogen and oxygen atoms in total. The van der Waals surface area contributed by atoms with E-state index in [9.17, 15) is 8.42 Å². The van der Waals surface area contributed by atoms with Crippen LogP contribution < -0.4 is 10.5 Å². The minimum atomic E-state index is -3.56. The first kappa shape index (κ1) is 12.0. The monoisotopic (exact) mass is 232 g/mol. The third kappa shape index (κ3) is 2.29. The summed E-state index contributed by atoms with van der Waals surface area (Å²) in [5.41, 5.74) is 6.05. The van der Waals surface area contributed by atoms with Crippen molar-refractivity contribution in [3.63, 3.8) is 0 Å². The summed E-state index contributed by atoms with van der Waals surface area (Å²) in [5, 5.41) is 3.96. The van der Waals surface area contributed by atoms with Crippen molar-refractivity contribution in [2.45, 2.75) is 31.7 Å². The Morgan fingerprint density at radius 1 is 1.47 bits per heavy atom. The van der Waals surface area contributed by atoms with E-state index in [4.69, 9.17) is 5.73 Å². The van der Waals surface area contributed by atoms with Crippen LogP contribution in [0.4, 0.5) is 5.82 Å². The van der Waals surface area contributed by atoms with E-state index in [1.54, 1.807) is 27.8 Å². The highest BCUT2D eigenvalue weighted by Crippen LogP contribution is 2.21. The van der Waals surface area contributed by atoms with Crippen LogP contribution >= 0.6 is 0 Å². The Morgan fingerprint density at radius 3 is 2.33 bits per heavy atom. The highest BCUT2D eigenvalue weighted by atomic mass is 32.2. The van der Waals surface area contributed by atoms with E-state index in [0.717, 1.165) is 0 Å². The van der Waals surface area contributed by atoms with E-state index >= 15 is 0 Å². The first-order valence-electron chi connectivity index (χ1n) is 4.57. The van der Waals surface area contributed by atoms with Gasteiger partial charge in [0.1, 0.15) is 10.7 Å². The molecule has 1 aromatic rings. The summed E-state index contributed by atoms with van der Waals surface area (Å²) >= 11 is 0. The van der Waals surface area contributed by atoms with Crippen molar-refractivity contribution in [3.8, 4) is 0 Å². The van der Waals surface area contributed by atoms with Gasteiger partial charge in [-0.15, -0.1) is 0 Å². The lowest BCUT2D eigenvalue weighted by molar-refractivity contribution is 0.569. The number of anilines is 1. The maximum Gasteiger partial charge on any atom is 0.246 e. The molecule has 86 valence electrons. The van der Waals surface area contributed by atoms with Gasteiger partial charge in [0.05, 0.1) is 5.69 Å². The van der Waals surface area contributed by atoms with Crippen LogP contribution in [0.3, 0.4) is 0 Å². The van der Waals surface area contributed by atoms with Crippen LogP contribution in [0.15, 0.2) is 4.90 Å². The first-order chi connectivity index (χ1) is 6.75. The fraction of sp³-hybridized carbons (Fsp3) is 0.625. The number of nitrogens with zero attached hydrogens (tertiary/aromatic N) is 2. The van der Waals surface area contributed by atoms with Crippen molar-refractivity contribution in [1.82, 2.24) is 14.5 Å². The summed E-state index contributed by atoms with van der Waals surface area (Å²) in [7, 11) is -1.95. The maximum absolute atomic E-state index is 11.9. The molecule has 0 aliphatic heterocycles. The SMILES string of the molecule is Cc1nn(C)c(N)c1S(=O)(=O)NC(C)C. The highest BCUT2D eigenvalue weighted by Gasteiger charge is 2.24. The Kier molecular flexibility index (Phi) is 3.05. The minimum absolute atomic E-state index is 0.0682. The molecule has 15 heavy (non-hydrogen) atoms. The summed E-state index contributed by atoms with van der Waals surface area (Å²) in [6.07, 6.45) is 0. The van der Waals surface area contributed by atoms with Crippen molar-refractivity contribution >= 4 is 15.8 Å². The van der Waals surface area contributed by atoms with Crippen LogP contribution in [0.2, 0.25) is 0 Å². The summed E-state index contributed by atoms with van der Waals surface area (Å²) in [6.45, 7) is 5.12. The Bertz CT molecular complexity index is 461. The van der Waals surface area contributed by atoms with Gasteiger partial charge in [-0.2, -0.15) is 5.10 Å². The van der Waals surface area contributed by atoms with Crippen LogP contribution in [-0.2, 0) is 17.1 Å². The summed E-state index contributed by atoms with van der Waals surface area (Å²) in [5.74, 6) is 0.153. The van der Waals surface area contributed by atoms with Crippen LogP contribution in [0.5, 0.6) is 0 Å². The van der Waals surface area contributed by atoms with Crippen LogP contribution in [0, 0.1) is 6.92 Å². The van der Waals surface area contributed by atoms with Gasteiger partial charge < -0.3 is 5.73 Å². The third-order valence-electron chi connectivity index (χ3n) is 1.87. The number of hydrogen-bond donors (Lipinski definition) is 2. The van der Waals surface area contributed by atoms with Gasteiger partial charge in [0.25, 0.3) is 0 Å². The van der Waals surface area contributed by atoms with E-state index in [2.05, 4.69) is 9.82 Å². The van der Waals surface area contributed by atoms with Gasteiger partial charge in [-0.1, -0.05) is 0 Å². The first-order valence-corrected chi connectivity index (χ1v) is 6.05. The number of nitrogens with two attached hydrogens (primary N) is 1. The van der Waals surface area contributed by atoms with E-state index < -0.39 is 10.0 Å². The molecule has 7 heteroatoms. The van der Waals surface area contributed by atoms with E-state index in [0.29, 0.717) is 5.69 Å². The molecule has 0 saturated heterocycles. The lowest BCUT2D eigenvalue weighted by atomic mass is 10.4. The standard InChI is InChI=1S/C8H16N4O2S/c1-5(2)11-15(13,14)7-6(3)10-12(4)8(7)9/h5,11H,9H2,1-4H3. The molecule has 1 heterocycles. The molecule has 0 spiro atoms. The zero-order valence-corrected chi connectivity index (χ0v) is 10.1. The van der Waals surface area contributed by atoms with Crippen molar-refractivity contribution in [2.75, 3.05) is 5.73 Å². The Labute approximate surface area is 89.5 Å². The number of nitrogen functional groups attached to an aromatic ring is 1. The number of aromatic nitrogens is 2. The third-order valence-corrected chi connectivity index (χ3v) is 3.69. The minimum Gasteiger partial charge on any atom is -0.383 e. The van der Waals surface area contributed by atoms with Crippen molar-refractivity contribution < 1.29 is 8.42 Å². The summed E-state index contributed by atoms with van der Waals surface area (Å²) in [6, 6.07) is -0.172. The molecular weight excluding hydrogens is 216 g/mol. The zero-order chi connectivity index (χ0) is 11.8. The van der Waals surface area contributed by atoms with Crippen LogP contribution in [0.25, 0.3) is 0 Å². The van der Waals surface area contributed by atoms with E-state index in [1.807, 2.05) is 0 Å². The zero-order valence-electron chi connectivity index (χ0n) is 9.27. The van der Waals surface area contributed by atoms with Crippen molar-refractivity contribution in [2.24, 2.45) is 7.05 Å². The van der Waals surface area contributed by atoms with Crippen LogP contribution in [0.1, 0.15) is 19.5 Å². The number of hydrogen-bond acceptors (Lipinski definition) is 4. The molecule has 0 radical (unpaired) electrons. The predicted octanol–water partition coefficient (Wildman–Crippen LogP) is -0.00258. The number of aryl methyl sites for hydroxylation is 2. The smallest absolute Gasteiger partial charge is 0.246 e. The topological polar surface area (TPSA) is 90.0 Å². The van der Waals surface area contributed by atoms with Gasteiger partial charge in [-0.3, -0.25) is 4.68 Å². The summed E-state index contributed by atoms with van der Waals surface area (Å²) < 4.78 is 27.5. The molecule has 1 aromatic heterocycles.